The fraction of sp³-hybridized carbons (Fsp3) is 0.364. The lowest BCUT2D eigenvalue weighted by Gasteiger charge is -2.11. The minimum absolute atomic E-state index is 0.0604. The molecule has 0 atom stereocenters. The molecule has 2 N–H and O–H groups in total. The average Bonchev–Trinajstić information content (AvgIpc) is 2.63. The van der Waals surface area contributed by atoms with Crippen LogP contribution >= 0.6 is 0 Å². The molecule has 26 heavy (non-hydrogen) atoms. The summed E-state index contributed by atoms with van der Waals surface area (Å²) < 4.78 is 0. The van der Waals surface area contributed by atoms with Gasteiger partial charge < -0.3 is 10.4 Å². The van der Waals surface area contributed by atoms with Crippen LogP contribution in [0.4, 0.5) is 5.69 Å². The van der Waals surface area contributed by atoms with Crippen molar-refractivity contribution >= 4 is 17.6 Å². The van der Waals surface area contributed by atoms with Crippen LogP contribution in [0.2, 0.25) is 0 Å². The number of amides is 1. The van der Waals surface area contributed by atoms with Gasteiger partial charge in [-0.3, -0.25) is 4.79 Å². The summed E-state index contributed by atoms with van der Waals surface area (Å²) in [5.41, 5.74) is 3.36. The topological polar surface area (TPSA) is 66.4 Å². The molecule has 0 radical (unpaired) electrons. The Morgan fingerprint density at radius 1 is 0.885 bits per heavy atom. The van der Waals surface area contributed by atoms with Gasteiger partial charge in [-0.25, -0.2) is 4.79 Å². The van der Waals surface area contributed by atoms with Gasteiger partial charge in [-0.1, -0.05) is 49.7 Å². The standard InChI is InChI=1S/C22H27NO3/c1-2-10-21(24)23-20-16-9-7-14-18(20)13-5-3-4-11-17-12-6-8-15-19(17)22(25)26/h6-9,12,14-16H,2-5,10-11,13H2,1H3,(H,23,24)(H,25,26). The summed E-state index contributed by atoms with van der Waals surface area (Å²) in [6.07, 6.45) is 6.04. The zero-order valence-electron chi connectivity index (χ0n) is 15.3. The molecule has 2 rings (SSSR count). The first-order valence-corrected chi connectivity index (χ1v) is 9.30. The van der Waals surface area contributed by atoms with E-state index in [9.17, 15) is 14.7 Å². The molecule has 0 aliphatic rings. The molecule has 1 amide bonds. The predicted molar refractivity (Wildman–Crippen MR) is 105 cm³/mol. The highest BCUT2D eigenvalue weighted by molar-refractivity contribution is 5.91. The largest absolute Gasteiger partial charge is 0.478 e. The molecule has 0 aromatic heterocycles. The van der Waals surface area contributed by atoms with Crippen LogP contribution in [0.3, 0.4) is 0 Å². The van der Waals surface area contributed by atoms with Crippen molar-refractivity contribution in [2.24, 2.45) is 0 Å². The van der Waals surface area contributed by atoms with Gasteiger partial charge in [-0.05, 0) is 55.4 Å². The number of aromatic carboxylic acids is 1. The summed E-state index contributed by atoms with van der Waals surface area (Å²) in [5.74, 6) is -0.803. The number of aryl methyl sites for hydroxylation is 2. The van der Waals surface area contributed by atoms with Crippen molar-refractivity contribution < 1.29 is 14.7 Å². The fourth-order valence-electron chi connectivity index (χ4n) is 3.05. The molecule has 2 aromatic rings. The quantitative estimate of drug-likeness (QED) is 0.585. The summed E-state index contributed by atoms with van der Waals surface area (Å²) in [7, 11) is 0. The van der Waals surface area contributed by atoms with E-state index >= 15 is 0 Å². The maximum absolute atomic E-state index is 11.8. The molecule has 4 nitrogen and oxygen atoms in total. The zero-order chi connectivity index (χ0) is 18.8. The SMILES string of the molecule is CCCC(=O)Nc1ccccc1CCCCCc1ccccc1C(=O)O. The van der Waals surface area contributed by atoms with Gasteiger partial charge in [-0.2, -0.15) is 0 Å². The molecule has 0 heterocycles. The van der Waals surface area contributed by atoms with Crippen LogP contribution in [0, 0.1) is 0 Å². The number of carboxylic acid groups (broad SMARTS) is 1. The predicted octanol–water partition coefficient (Wildman–Crippen LogP) is 5.08. The number of carboxylic acids is 1. The van der Waals surface area contributed by atoms with Gasteiger partial charge >= 0.3 is 5.97 Å². The van der Waals surface area contributed by atoms with E-state index in [-0.39, 0.29) is 5.91 Å². The molecule has 138 valence electrons. The molecular formula is C22H27NO3. The van der Waals surface area contributed by atoms with Crippen molar-refractivity contribution in [3.63, 3.8) is 0 Å². The minimum atomic E-state index is -0.864. The van der Waals surface area contributed by atoms with Gasteiger partial charge in [0.25, 0.3) is 0 Å². The van der Waals surface area contributed by atoms with Crippen LogP contribution in [0.25, 0.3) is 0 Å². The Bertz CT molecular complexity index is 740. The number of carbonyl (C=O) groups is 2. The summed E-state index contributed by atoms with van der Waals surface area (Å²) in [4.78, 5) is 23.1. The van der Waals surface area contributed by atoms with E-state index in [2.05, 4.69) is 11.4 Å². The van der Waals surface area contributed by atoms with Crippen molar-refractivity contribution in [3.8, 4) is 0 Å². The third-order valence-electron chi connectivity index (χ3n) is 4.41. The maximum Gasteiger partial charge on any atom is 0.335 e. The first-order chi connectivity index (χ1) is 12.6. The minimum Gasteiger partial charge on any atom is -0.478 e. The Morgan fingerprint density at radius 3 is 2.19 bits per heavy atom. The van der Waals surface area contributed by atoms with Crippen LogP contribution in [-0.2, 0) is 17.6 Å². The Kier molecular flexibility index (Phi) is 7.87. The first-order valence-electron chi connectivity index (χ1n) is 9.30. The van der Waals surface area contributed by atoms with E-state index in [1.807, 2.05) is 37.3 Å². The van der Waals surface area contributed by atoms with Crippen LogP contribution in [0.5, 0.6) is 0 Å². The highest BCUT2D eigenvalue weighted by atomic mass is 16.4. The number of unbranched alkanes of at least 4 members (excludes halogenated alkanes) is 2. The van der Waals surface area contributed by atoms with E-state index in [0.29, 0.717) is 12.0 Å². The third kappa shape index (κ3) is 6.03. The van der Waals surface area contributed by atoms with E-state index in [1.54, 1.807) is 12.1 Å². The molecular weight excluding hydrogens is 326 g/mol. The van der Waals surface area contributed by atoms with Gasteiger partial charge in [0, 0.05) is 12.1 Å². The second kappa shape index (κ2) is 10.4. The molecule has 0 spiro atoms. The van der Waals surface area contributed by atoms with Crippen LogP contribution in [0.1, 0.15) is 60.5 Å². The molecule has 4 heteroatoms. The number of hydrogen-bond acceptors (Lipinski definition) is 2. The van der Waals surface area contributed by atoms with Gasteiger partial charge in [0.15, 0.2) is 0 Å². The second-order valence-corrected chi connectivity index (χ2v) is 6.48. The number of para-hydroxylation sites is 1. The lowest BCUT2D eigenvalue weighted by atomic mass is 9.99. The number of benzene rings is 2. The molecule has 0 aliphatic carbocycles. The zero-order valence-corrected chi connectivity index (χ0v) is 15.3. The summed E-state index contributed by atoms with van der Waals surface area (Å²) in [5, 5.41) is 12.2. The van der Waals surface area contributed by atoms with Crippen molar-refractivity contribution in [2.75, 3.05) is 5.32 Å². The molecule has 0 unspecified atom stereocenters. The van der Waals surface area contributed by atoms with Crippen LogP contribution in [-0.4, -0.2) is 17.0 Å². The molecule has 0 aliphatic heterocycles. The molecule has 0 bridgehead atoms. The van der Waals surface area contributed by atoms with Gasteiger partial charge in [0.05, 0.1) is 5.56 Å². The van der Waals surface area contributed by atoms with Crippen LogP contribution in [0.15, 0.2) is 48.5 Å². The monoisotopic (exact) mass is 353 g/mol. The van der Waals surface area contributed by atoms with Crippen molar-refractivity contribution in [2.45, 2.75) is 51.9 Å². The molecule has 0 saturated heterocycles. The lowest BCUT2D eigenvalue weighted by molar-refractivity contribution is -0.116. The second-order valence-electron chi connectivity index (χ2n) is 6.48. The van der Waals surface area contributed by atoms with E-state index in [1.165, 1.54) is 0 Å². The number of anilines is 1. The fourth-order valence-corrected chi connectivity index (χ4v) is 3.05. The molecule has 0 fully saturated rings. The van der Waals surface area contributed by atoms with Crippen LogP contribution < -0.4 is 5.32 Å². The molecule has 2 aromatic carbocycles. The lowest BCUT2D eigenvalue weighted by Crippen LogP contribution is -2.12. The number of hydrogen-bond donors (Lipinski definition) is 2. The van der Waals surface area contributed by atoms with Crippen molar-refractivity contribution in [1.29, 1.82) is 0 Å². The first kappa shape index (κ1) is 19.7. The van der Waals surface area contributed by atoms with Gasteiger partial charge in [-0.15, -0.1) is 0 Å². The highest BCUT2D eigenvalue weighted by Crippen LogP contribution is 2.19. The van der Waals surface area contributed by atoms with Crippen molar-refractivity contribution in [1.82, 2.24) is 0 Å². The van der Waals surface area contributed by atoms with E-state index < -0.39 is 5.97 Å². The average molecular weight is 353 g/mol. The summed E-state index contributed by atoms with van der Waals surface area (Å²) >= 11 is 0. The maximum atomic E-state index is 11.8. The van der Waals surface area contributed by atoms with E-state index in [4.69, 9.17) is 0 Å². The Morgan fingerprint density at radius 2 is 1.50 bits per heavy atom. The van der Waals surface area contributed by atoms with Crippen molar-refractivity contribution in [3.05, 3.63) is 65.2 Å². The summed E-state index contributed by atoms with van der Waals surface area (Å²) in [6.45, 7) is 1.99. The number of carbonyl (C=O) groups excluding carboxylic acids is 1. The third-order valence-corrected chi connectivity index (χ3v) is 4.41. The Hall–Kier alpha value is -2.62. The van der Waals surface area contributed by atoms with E-state index in [0.717, 1.165) is 55.3 Å². The Balaban J connectivity index is 1.82. The smallest absolute Gasteiger partial charge is 0.335 e. The number of nitrogens with one attached hydrogen (secondary N) is 1. The van der Waals surface area contributed by atoms with Gasteiger partial charge in [0.1, 0.15) is 0 Å². The Labute approximate surface area is 155 Å². The normalized spacial score (nSPS) is 10.5. The molecule has 0 saturated carbocycles. The summed E-state index contributed by atoms with van der Waals surface area (Å²) in [6, 6.07) is 15.1. The number of rotatable bonds is 10. The highest BCUT2D eigenvalue weighted by Gasteiger charge is 2.09. The van der Waals surface area contributed by atoms with Gasteiger partial charge in [0.2, 0.25) is 5.91 Å².